The molecule has 0 aliphatic carbocycles. The molecule has 0 atom stereocenters. The van der Waals surface area contributed by atoms with Gasteiger partial charge in [-0.05, 0) is 29.8 Å². The van der Waals surface area contributed by atoms with Crippen LogP contribution in [0, 0.1) is 0 Å². The van der Waals surface area contributed by atoms with Crippen molar-refractivity contribution >= 4 is 11.8 Å². The van der Waals surface area contributed by atoms with E-state index in [1.807, 2.05) is 54.6 Å². The van der Waals surface area contributed by atoms with Crippen LogP contribution in [0.25, 0.3) is 0 Å². The Kier molecular flexibility index (Phi) is 8.16. The summed E-state index contributed by atoms with van der Waals surface area (Å²) in [4.78, 5) is 25.4. The van der Waals surface area contributed by atoms with Crippen molar-refractivity contribution in [2.45, 2.75) is 19.9 Å². The topological polar surface area (TPSA) is 67.9 Å². The molecule has 2 aromatic carbocycles. The second kappa shape index (κ2) is 10.9. The summed E-state index contributed by atoms with van der Waals surface area (Å²) in [6, 6.07) is 17.0. The van der Waals surface area contributed by atoms with Gasteiger partial charge in [-0.25, -0.2) is 0 Å². The average Bonchev–Trinajstić information content (AvgIpc) is 2.70. The van der Waals surface area contributed by atoms with Gasteiger partial charge in [0.2, 0.25) is 11.8 Å². The molecule has 2 amide bonds. The third-order valence-corrected chi connectivity index (χ3v) is 4.08. The minimum atomic E-state index is -0.0822. The third kappa shape index (κ3) is 7.40. The smallest absolute Gasteiger partial charge is 0.222 e. The van der Waals surface area contributed by atoms with E-state index in [2.05, 4.69) is 5.32 Å². The molecule has 27 heavy (non-hydrogen) atoms. The normalized spacial score (nSPS) is 10.1. The Labute approximate surface area is 160 Å². The van der Waals surface area contributed by atoms with E-state index in [4.69, 9.17) is 9.47 Å². The summed E-state index contributed by atoms with van der Waals surface area (Å²) in [6.07, 6.45) is 0.259. The van der Waals surface area contributed by atoms with E-state index in [0.717, 1.165) is 11.3 Å². The Hall–Kier alpha value is -3.02. The SMILES string of the molecule is COc1ccc(OCCN(CCC(=O)NCc2ccccc2)C(C)=O)cc1. The van der Waals surface area contributed by atoms with Gasteiger partial charge >= 0.3 is 0 Å². The van der Waals surface area contributed by atoms with Crippen molar-refractivity contribution in [3.8, 4) is 11.5 Å². The van der Waals surface area contributed by atoms with Crippen LogP contribution >= 0.6 is 0 Å². The lowest BCUT2D eigenvalue weighted by Crippen LogP contribution is -2.36. The fourth-order valence-corrected chi connectivity index (χ4v) is 2.49. The first-order valence-electron chi connectivity index (χ1n) is 8.91. The maximum absolute atomic E-state index is 12.0. The molecule has 0 unspecified atom stereocenters. The van der Waals surface area contributed by atoms with Gasteiger partial charge < -0.3 is 19.7 Å². The van der Waals surface area contributed by atoms with Crippen LogP contribution in [0.5, 0.6) is 11.5 Å². The molecule has 0 aliphatic rings. The van der Waals surface area contributed by atoms with E-state index in [1.165, 1.54) is 6.92 Å². The second-order valence-electron chi connectivity index (χ2n) is 6.04. The van der Waals surface area contributed by atoms with Crippen molar-refractivity contribution in [3.05, 3.63) is 60.2 Å². The summed E-state index contributed by atoms with van der Waals surface area (Å²) < 4.78 is 10.7. The van der Waals surface area contributed by atoms with Gasteiger partial charge in [-0.2, -0.15) is 0 Å². The number of ether oxygens (including phenoxy) is 2. The number of carbonyl (C=O) groups excluding carboxylic acids is 2. The lowest BCUT2D eigenvalue weighted by atomic mass is 10.2. The zero-order valence-electron chi connectivity index (χ0n) is 15.8. The van der Waals surface area contributed by atoms with Crippen molar-refractivity contribution < 1.29 is 19.1 Å². The molecule has 0 bridgehead atoms. The van der Waals surface area contributed by atoms with E-state index in [9.17, 15) is 9.59 Å². The number of amides is 2. The van der Waals surface area contributed by atoms with Gasteiger partial charge in [0.1, 0.15) is 18.1 Å². The number of methoxy groups -OCH3 is 1. The maximum Gasteiger partial charge on any atom is 0.222 e. The van der Waals surface area contributed by atoms with Crippen LogP contribution in [-0.2, 0) is 16.1 Å². The molecular formula is C21H26N2O4. The minimum absolute atomic E-state index is 0.0795. The zero-order valence-corrected chi connectivity index (χ0v) is 15.8. The van der Waals surface area contributed by atoms with Crippen LogP contribution in [0.15, 0.2) is 54.6 Å². The molecule has 0 spiro atoms. The van der Waals surface area contributed by atoms with Crippen LogP contribution in [-0.4, -0.2) is 43.5 Å². The molecule has 6 heteroatoms. The summed E-state index contributed by atoms with van der Waals surface area (Å²) in [5.74, 6) is 1.31. The van der Waals surface area contributed by atoms with Gasteiger partial charge in [0, 0.05) is 26.4 Å². The molecule has 0 aromatic heterocycles. The molecule has 2 aromatic rings. The molecule has 0 fully saturated rings. The summed E-state index contributed by atoms with van der Waals surface area (Å²) in [6.45, 7) is 3.13. The molecular weight excluding hydrogens is 344 g/mol. The van der Waals surface area contributed by atoms with Gasteiger partial charge in [-0.1, -0.05) is 30.3 Å². The first-order valence-corrected chi connectivity index (χ1v) is 8.91. The van der Waals surface area contributed by atoms with Gasteiger partial charge in [-0.3, -0.25) is 9.59 Å². The zero-order chi connectivity index (χ0) is 19.5. The number of hydrogen-bond donors (Lipinski definition) is 1. The van der Waals surface area contributed by atoms with Crippen molar-refractivity contribution in [2.75, 3.05) is 26.8 Å². The molecule has 2 rings (SSSR count). The van der Waals surface area contributed by atoms with E-state index in [-0.39, 0.29) is 18.2 Å². The van der Waals surface area contributed by atoms with Crippen LogP contribution in [0.2, 0.25) is 0 Å². The lowest BCUT2D eigenvalue weighted by molar-refractivity contribution is -0.130. The largest absolute Gasteiger partial charge is 0.497 e. The summed E-state index contributed by atoms with van der Waals surface area (Å²) >= 11 is 0. The molecule has 0 saturated carbocycles. The highest BCUT2D eigenvalue weighted by Gasteiger charge is 2.11. The fraction of sp³-hybridized carbons (Fsp3) is 0.333. The van der Waals surface area contributed by atoms with E-state index < -0.39 is 0 Å². The Morgan fingerprint density at radius 3 is 2.26 bits per heavy atom. The molecule has 0 aliphatic heterocycles. The van der Waals surface area contributed by atoms with Gasteiger partial charge in [0.15, 0.2) is 0 Å². The molecule has 0 saturated heterocycles. The highest BCUT2D eigenvalue weighted by Crippen LogP contribution is 2.16. The first kappa shape index (κ1) is 20.3. The molecule has 0 radical (unpaired) electrons. The van der Waals surface area contributed by atoms with Crippen LogP contribution in [0.1, 0.15) is 18.9 Å². The Morgan fingerprint density at radius 2 is 1.63 bits per heavy atom. The van der Waals surface area contributed by atoms with Crippen molar-refractivity contribution in [3.63, 3.8) is 0 Å². The van der Waals surface area contributed by atoms with Gasteiger partial charge in [-0.15, -0.1) is 0 Å². The third-order valence-electron chi connectivity index (χ3n) is 4.08. The average molecular weight is 370 g/mol. The minimum Gasteiger partial charge on any atom is -0.497 e. The Balaban J connectivity index is 1.70. The lowest BCUT2D eigenvalue weighted by Gasteiger charge is -2.21. The fourth-order valence-electron chi connectivity index (χ4n) is 2.49. The number of nitrogens with zero attached hydrogens (tertiary/aromatic N) is 1. The molecule has 1 N–H and O–H groups in total. The van der Waals surface area contributed by atoms with Gasteiger partial charge in [0.25, 0.3) is 0 Å². The van der Waals surface area contributed by atoms with Crippen molar-refractivity contribution in [2.24, 2.45) is 0 Å². The van der Waals surface area contributed by atoms with Gasteiger partial charge in [0.05, 0.1) is 13.7 Å². The van der Waals surface area contributed by atoms with Crippen molar-refractivity contribution in [1.82, 2.24) is 10.2 Å². The van der Waals surface area contributed by atoms with Crippen molar-refractivity contribution in [1.29, 1.82) is 0 Å². The van der Waals surface area contributed by atoms with E-state index in [0.29, 0.717) is 32.0 Å². The van der Waals surface area contributed by atoms with E-state index in [1.54, 1.807) is 12.0 Å². The quantitative estimate of drug-likeness (QED) is 0.698. The van der Waals surface area contributed by atoms with Crippen LogP contribution in [0.3, 0.4) is 0 Å². The monoisotopic (exact) mass is 370 g/mol. The number of hydrogen-bond acceptors (Lipinski definition) is 4. The van der Waals surface area contributed by atoms with Crippen LogP contribution < -0.4 is 14.8 Å². The summed E-state index contributed by atoms with van der Waals surface area (Å²) in [7, 11) is 1.61. The highest BCUT2D eigenvalue weighted by atomic mass is 16.5. The molecule has 0 heterocycles. The van der Waals surface area contributed by atoms with Crippen LogP contribution in [0.4, 0.5) is 0 Å². The number of nitrogens with one attached hydrogen (secondary N) is 1. The second-order valence-corrected chi connectivity index (χ2v) is 6.04. The number of benzene rings is 2. The highest BCUT2D eigenvalue weighted by molar-refractivity contribution is 5.78. The first-order chi connectivity index (χ1) is 13.1. The standard InChI is InChI=1S/C21H26N2O4/c1-17(24)23(14-15-27-20-10-8-19(26-2)9-11-20)13-12-21(25)22-16-18-6-4-3-5-7-18/h3-11H,12-16H2,1-2H3,(H,22,25). The molecule has 144 valence electrons. The van der Waals surface area contributed by atoms with E-state index >= 15 is 0 Å². The summed E-state index contributed by atoms with van der Waals surface area (Å²) in [5, 5.41) is 2.87. The Morgan fingerprint density at radius 1 is 0.963 bits per heavy atom. The summed E-state index contributed by atoms with van der Waals surface area (Å²) in [5.41, 5.74) is 1.04. The number of rotatable bonds is 10. The maximum atomic E-state index is 12.0. The predicted molar refractivity (Wildman–Crippen MR) is 104 cm³/mol. The predicted octanol–water partition coefficient (Wildman–Crippen LogP) is 2.63. The number of carbonyl (C=O) groups is 2. The molecule has 6 nitrogen and oxygen atoms in total. The Bertz CT molecular complexity index is 717.